The van der Waals surface area contributed by atoms with E-state index >= 15 is 0 Å². The first-order chi connectivity index (χ1) is 21.0. The van der Waals surface area contributed by atoms with Crippen molar-refractivity contribution in [3.05, 3.63) is 29.8 Å². The number of rotatable bonds is 3. The van der Waals surface area contributed by atoms with Gasteiger partial charge in [-0.1, -0.05) is 54.5 Å². The molecule has 2 aliphatic heterocycles. The van der Waals surface area contributed by atoms with Crippen LogP contribution < -0.4 is 0 Å². The molecule has 6 nitrogen and oxygen atoms in total. The average Bonchev–Trinajstić information content (AvgIpc) is 3.70. The fourth-order valence-corrected chi connectivity index (χ4v) is 13.5. The van der Waals surface area contributed by atoms with Crippen LogP contribution in [-0.4, -0.2) is 46.7 Å². The molecule has 11 atom stereocenters. The van der Waals surface area contributed by atoms with Gasteiger partial charge in [0.15, 0.2) is 11.5 Å². The van der Waals surface area contributed by atoms with Gasteiger partial charge in [-0.2, -0.15) is 0 Å². The predicted octanol–water partition coefficient (Wildman–Crippen LogP) is 8.04. The maximum Gasteiger partial charge on any atom is 0.331 e. The van der Waals surface area contributed by atoms with Crippen molar-refractivity contribution >= 4 is 12.0 Å². The molecule has 5 saturated carbocycles. The molecule has 0 radical (unpaired) electrons. The Balaban J connectivity index is 1.07. The maximum atomic E-state index is 13.1. The monoisotopic (exact) mass is 618 g/mol. The van der Waals surface area contributed by atoms with E-state index in [1.165, 1.54) is 56.7 Å². The summed E-state index contributed by atoms with van der Waals surface area (Å²) in [6.07, 6.45) is 14.0. The van der Waals surface area contributed by atoms with Crippen LogP contribution in [0.25, 0.3) is 6.08 Å². The molecule has 2 bridgehead atoms. The van der Waals surface area contributed by atoms with Crippen molar-refractivity contribution < 1.29 is 29.2 Å². The summed E-state index contributed by atoms with van der Waals surface area (Å²) in [5.74, 6) is 0.742. The average molecular weight is 619 g/mol. The second-order valence-corrected chi connectivity index (χ2v) is 18.6. The first kappa shape index (κ1) is 30.3. The summed E-state index contributed by atoms with van der Waals surface area (Å²) in [6.45, 7) is 18.4. The lowest BCUT2D eigenvalue weighted by Crippen LogP contribution is -2.74. The Kier molecular flexibility index (Phi) is 6.12. The molecule has 2 saturated heterocycles. The van der Waals surface area contributed by atoms with Gasteiger partial charge in [0.2, 0.25) is 0 Å². The Morgan fingerprint density at radius 2 is 1.67 bits per heavy atom. The van der Waals surface area contributed by atoms with Crippen molar-refractivity contribution in [2.75, 3.05) is 6.61 Å². The molecule has 6 heteroatoms. The molecular weight excluding hydrogens is 564 g/mol. The number of fused-ring (bicyclic) bond motifs is 6. The zero-order valence-electron chi connectivity index (χ0n) is 28.4. The molecule has 1 aromatic carbocycles. The lowest BCUT2D eigenvalue weighted by atomic mass is 9.31. The number of hydrogen-bond donors (Lipinski definition) is 2. The zero-order valence-corrected chi connectivity index (χ0v) is 28.4. The maximum absolute atomic E-state index is 13.1. The first-order valence-electron chi connectivity index (χ1n) is 17.7. The number of ether oxygens (including phenoxy) is 3. The van der Waals surface area contributed by atoms with Crippen molar-refractivity contribution in [3.8, 4) is 11.5 Å². The van der Waals surface area contributed by atoms with Gasteiger partial charge in [0, 0.05) is 16.9 Å². The van der Waals surface area contributed by atoms with Crippen LogP contribution >= 0.6 is 0 Å². The third-order valence-corrected chi connectivity index (χ3v) is 15.9. The molecule has 45 heavy (non-hydrogen) atoms. The molecule has 1 spiro atoms. The molecule has 2 N–H and O–H groups in total. The third kappa shape index (κ3) is 3.73. The summed E-state index contributed by atoms with van der Waals surface area (Å²) in [6, 6.07) is 4.52. The number of phenolic OH excluding ortho intramolecular Hbond substituents is 2. The Labute approximate surface area is 269 Å². The molecule has 5 aliphatic carbocycles. The molecule has 7 aliphatic rings. The van der Waals surface area contributed by atoms with E-state index in [9.17, 15) is 15.0 Å². The van der Waals surface area contributed by atoms with Gasteiger partial charge in [0.05, 0.1) is 12.7 Å². The molecule has 2 heterocycles. The topological polar surface area (TPSA) is 88.5 Å². The molecule has 7 fully saturated rings. The second kappa shape index (κ2) is 9.09. The first-order valence-corrected chi connectivity index (χ1v) is 17.7. The minimum atomic E-state index is -0.359. The second-order valence-electron chi connectivity index (χ2n) is 18.6. The highest BCUT2D eigenvalue weighted by atomic mass is 16.6. The van der Waals surface area contributed by atoms with Crippen molar-refractivity contribution in [2.45, 2.75) is 130 Å². The van der Waals surface area contributed by atoms with Crippen molar-refractivity contribution in [3.63, 3.8) is 0 Å². The molecule has 0 aromatic heterocycles. The molecule has 0 amide bonds. The normalized spacial score (nSPS) is 50.0. The fourth-order valence-electron chi connectivity index (χ4n) is 13.5. The number of carbonyl (C=O) groups excluding carboxylic acids is 1. The van der Waals surface area contributed by atoms with Gasteiger partial charge in [-0.25, -0.2) is 4.79 Å². The van der Waals surface area contributed by atoms with Crippen LogP contribution in [0.5, 0.6) is 11.5 Å². The number of benzene rings is 1. The SMILES string of the molecule is CC1(C)CC[C@@]23CC[C@]4(C)[C@@](OC2)([C@@H]3C1)[C@H]1O[C@H]1[C@@H]1[C@@]2(C)CC[C@H](OC(=O)C=Cc3ccc(O)c(O)c3)C(C)(C)[C@@H]2CC[C@]14C. The third-order valence-electron chi connectivity index (χ3n) is 15.9. The van der Waals surface area contributed by atoms with Gasteiger partial charge in [-0.05, 0) is 121 Å². The highest BCUT2D eigenvalue weighted by Gasteiger charge is 2.86. The minimum absolute atomic E-state index is 0.0787. The lowest BCUT2D eigenvalue weighted by molar-refractivity contribution is -0.276. The molecule has 246 valence electrons. The van der Waals surface area contributed by atoms with E-state index in [2.05, 4.69) is 48.5 Å². The van der Waals surface area contributed by atoms with Gasteiger partial charge in [0.1, 0.15) is 17.8 Å². The minimum Gasteiger partial charge on any atom is -0.504 e. The number of aromatic hydroxyl groups is 2. The summed E-state index contributed by atoms with van der Waals surface area (Å²) < 4.78 is 20.5. The van der Waals surface area contributed by atoms with Gasteiger partial charge in [-0.15, -0.1) is 0 Å². The Morgan fingerprint density at radius 1 is 0.911 bits per heavy atom. The molecule has 0 unspecified atom stereocenters. The van der Waals surface area contributed by atoms with Crippen molar-refractivity contribution in [1.29, 1.82) is 0 Å². The van der Waals surface area contributed by atoms with E-state index < -0.39 is 0 Å². The van der Waals surface area contributed by atoms with E-state index in [1.807, 2.05) is 0 Å². The number of carbonyl (C=O) groups is 1. The van der Waals surface area contributed by atoms with E-state index in [4.69, 9.17) is 14.2 Å². The van der Waals surface area contributed by atoms with Crippen LogP contribution in [0.15, 0.2) is 24.3 Å². The quantitative estimate of drug-likeness (QED) is 0.154. The number of esters is 1. The van der Waals surface area contributed by atoms with Crippen molar-refractivity contribution in [1.82, 2.24) is 0 Å². The van der Waals surface area contributed by atoms with Gasteiger partial charge in [-0.3, -0.25) is 0 Å². The summed E-state index contributed by atoms with van der Waals surface area (Å²) >= 11 is 0. The van der Waals surface area contributed by atoms with E-state index in [0.29, 0.717) is 34.1 Å². The van der Waals surface area contributed by atoms with Crippen LogP contribution in [0.1, 0.15) is 112 Å². The Bertz CT molecular complexity index is 1460. The largest absolute Gasteiger partial charge is 0.504 e. The summed E-state index contributed by atoms with van der Waals surface area (Å²) in [4.78, 5) is 13.1. The molecule has 1 aromatic rings. The van der Waals surface area contributed by atoms with Gasteiger partial charge in [0.25, 0.3) is 0 Å². The standard InChI is InChI=1S/C39H54O6/c1-33(2)16-18-38-19-17-37(7)36(6)15-12-26-34(3,4)28(44-29(42)11-9-23-8-10-24(40)25(41)20-23)13-14-35(26,5)31(36)30-32(45-30)39(37,43-22-38)27(38)21-33/h8-11,20,26-28,30-32,40-41H,12-19,21-22H2,1-7H3/t26-,27+,28-,30-,31+,32-,35-,36+,37-,38+,39+/m0/s1. The van der Waals surface area contributed by atoms with Crippen LogP contribution in [0.3, 0.4) is 0 Å². The molecular formula is C39H54O6. The van der Waals surface area contributed by atoms with Crippen LogP contribution in [0, 0.1) is 50.2 Å². The van der Waals surface area contributed by atoms with Crippen LogP contribution in [-0.2, 0) is 19.0 Å². The number of phenols is 2. The summed E-state index contributed by atoms with van der Waals surface area (Å²) in [5, 5.41) is 19.4. The number of hydrogen-bond acceptors (Lipinski definition) is 6. The fraction of sp³-hybridized carbons (Fsp3) is 0.769. The smallest absolute Gasteiger partial charge is 0.331 e. The predicted molar refractivity (Wildman–Crippen MR) is 172 cm³/mol. The summed E-state index contributed by atoms with van der Waals surface area (Å²) in [5.41, 5.74) is 1.31. The number of epoxide rings is 1. The zero-order chi connectivity index (χ0) is 32.0. The van der Waals surface area contributed by atoms with E-state index in [-0.39, 0.29) is 63.0 Å². The highest BCUT2D eigenvalue weighted by molar-refractivity contribution is 5.87. The van der Waals surface area contributed by atoms with E-state index in [0.717, 1.165) is 25.9 Å². The van der Waals surface area contributed by atoms with E-state index in [1.54, 1.807) is 12.1 Å². The Morgan fingerprint density at radius 3 is 2.42 bits per heavy atom. The molecule has 8 rings (SSSR count). The van der Waals surface area contributed by atoms with Crippen LogP contribution in [0.2, 0.25) is 0 Å². The van der Waals surface area contributed by atoms with Crippen molar-refractivity contribution in [2.24, 2.45) is 50.2 Å². The van der Waals surface area contributed by atoms with Gasteiger partial charge < -0.3 is 24.4 Å². The summed E-state index contributed by atoms with van der Waals surface area (Å²) in [7, 11) is 0. The highest BCUT2D eigenvalue weighted by Crippen LogP contribution is 2.83. The Hall–Kier alpha value is -2.05. The van der Waals surface area contributed by atoms with Crippen LogP contribution in [0.4, 0.5) is 0 Å². The van der Waals surface area contributed by atoms with Gasteiger partial charge >= 0.3 is 5.97 Å². The lowest BCUT2D eigenvalue weighted by Gasteiger charge is -2.73.